The van der Waals surface area contributed by atoms with Gasteiger partial charge in [-0.2, -0.15) is 0 Å². The minimum absolute atomic E-state index is 0.0285. The molecular formula is C17H20N2O4. The van der Waals surface area contributed by atoms with E-state index in [1.54, 1.807) is 12.1 Å². The van der Waals surface area contributed by atoms with Gasteiger partial charge in [0, 0.05) is 17.8 Å². The van der Waals surface area contributed by atoms with Crippen molar-refractivity contribution in [1.82, 2.24) is 0 Å². The molecule has 1 aromatic carbocycles. The molecule has 2 aliphatic rings. The zero-order valence-corrected chi connectivity index (χ0v) is 12.8. The van der Waals surface area contributed by atoms with Crippen LogP contribution < -0.4 is 10.6 Å². The highest BCUT2D eigenvalue weighted by molar-refractivity contribution is 5.98. The van der Waals surface area contributed by atoms with Gasteiger partial charge in [-0.3, -0.25) is 14.4 Å². The average Bonchev–Trinajstić information content (AvgIpc) is 2.54. The first kappa shape index (κ1) is 15.5. The summed E-state index contributed by atoms with van der Waals surface area (Å²) in [6, 6.07) is 5.43. The number of anilines is 2. The van der Waals surface area contributed by atoms with Crippen LogP contribution in [0.1, 0.15) is 37.7 Å². The number of amides is 2. The van der Waals surface area contributed by atoms with Crippen LogP contribution in [0.25, 0.3) is 0 Å². The lowest BCUT2D eigenvalue weighted by Gasteiger charge is -2.27. The number of hydrogen-bond donors (Lipinski definition) is 3. The Morgan fingerprint density at radius 3 is 2.61 bits per heavy atom. The number of nitrogens with one attached hydrogen (secondary N) is 2. The third-order valence-electron chi connectivity index (χ3n) is 4.69. The Hall–Kier alpha value is -2.37. The lowest BCUT2D eigenvalue weighted by atomic mass is 9.78. The van der Waals surface area contributed by atoms with Crippen LogP contribution in [-0.2, 0) is 20.8 Å². The van der Waals surface area contributed by atoms with Gasteiger partial charge in [0.1, 0.15) is 0 Å². The van der Waals surface area contributed by atoms with Gasteiger partial charge in [0.05, 0.1) is 11.8 Å². The van der Waals surface area contributed by atoms with Crippen LogP contribution in [0.15, 0.2) is 18.2 Å². The number of carbonyl (C=O) groups excluding carboxylic acids is 2. The molecule has 0 radical (unpaired) electrons. The second-order valence-corrected chi connectivity index (χ2v) is 6.25. The first-order valence-electron chi connectivity index (χ1n) is 8.01. The van der Waals surface area contributed by atoms with Crippen molar-refractivity contribution in [2.45, 2.75) is 38.5 Å². The normalized spacial score (nSPS) is 23.6. The molecule has 0 bridgehead atoms. The Labute approximate surface area is 134 Å². The van der Waals surface area contributed by atoms with Crippen LogP contribution in [0, 0.1) is 11.8 Å². The Kier molecular flexibility index (Phi) is 4.32. The van der Waals surface area contributed by atoms with Crippen LogP contribution in [0.4, 0.5) is 11.4 Å². The maximum absolute atomic E-state index is 12.5. The maximum atomic E-state index is 12.5. The molecule has 2 amide bonds. The van der Waals surface area contributed by atoms with E-state index < -0.39 is 17.8 Å². The summed E-state index contributed by atoms with van der Waals surface area (Å²) in [6.45, 7) is 0. The largest absolute Gasteiger partial charge is 0.481 e. The first-order chi connectivity index (χ1) is 11.0. The van der Waals surface area contributed by atoms with Gasteiger partial charge in [-0.1, -0.05) is 18.9 Å². The second-order valence-electron chi connectivity index (χ2n) is 6.25. The number of carbonyl (C=O) groups is 3. The molecule has 1 fully saturated rings. The number of carboxylic acid groups (broad SMARTS) is 1. The molecule has 1 aromatic rings. The van der Waals surface area contributed by atoms with E-state index in [9.17, 15) is 19.5 Å². The molecule has 0 unspecified atom stereocenters. The molecular weight excluding hydrogens is 296 g/mol. The Morgan fingerprint density at radius 1 is 1.13 bits per heavy atom. The molecule has 122 valence electrons. The molecule has 1 aliphatic heterocycles. The molecule has 2 atom stereocenters. The molecule has 23 heavy (non-hydrogen) atoms. The van der Waals surface area contributed by atoms with Crippen LogP contribution >= 0.6 is 0 Å². The van der Waals surface area contributed by atoms with Crippen LogP contribution in [0.2, 0.25) is 0 Å². The smallest absolute Gasteiger partial charge is 0.307 e. The molecule has 1 aliphatic carbocycles. The Bertz CT molecular complexity index is 656. The quantitative estimate of drug-likeness (QED) is 0.798. The van der Waals surface area contributed by atoms with Gasteiger partial charge in [-0.15, -0.1) is 0 Å². The Balaban J connectivity index is 1.73. The molecule has 0 saturated heterocycles. The van der Waals surface area contributed by atoms with E-state index in [2.05, 4.69) is 10.6 Å². The average molecular weight is 316 g/mol. The predicted octanol–water partition coefficient (Wildman–Crippen LogP) is 2.40. The summed E-state index contributed by atoms with van der Waals surface area (Å²) < 4.78 is 0. The molecule has 0 aromatic heterocycles. The van der Waals surface area contributed by atoms with Gasteiger partial charge in [-0.05, 0) is 37.0 Å². The molecule has 3 rings (SSSR count). The third kappa shape index (κ3) is 3.36. The zero-order chi connectivity index (χ0) is 16.4. The summed E-state index contributed by atoms with van der Waals surface area (Å²) in [5, 5.41) is 14.9. The zero-order valence-electron chi connectivity index (χ0n) is 12.8. The summed E-state index contributed by atoms with van der Waals surface area (Å²) >= 11 is 0. The van der Waals surface area contributed by atoms with Crippen LogP contribution in [0.3, 0.4) is 0 Å². The molecule has 6 heteroatoms. The van der Waals surface area contributed by atoms with E-state index in [-0.39, 0.29) is 11.8 Å². The number of aryl methyl sites for hydroxylation is 1. The third-order valence-corrected chi connectivity index (χ3v) is 4.69. The van der Waals surface area contributed by atoms with Crippen LogP contribution in [0.5, 0.6) is 0 Å². The fourth-order valence-electron chi connectivity index (χ4n) is 3.42. The lowest BCUT2D eigenvalue weighted by Crippen LogP contribution is -2.36. The SMILES string of the molecule is O=C1CCc2ccc(NC(=O)[C@H]3CCCC[C@H]3C(=O)O)cc2N1. The van der Waals surface area contributed by atoms with E-state index in [0.29, 0.717) is 31.4 Å². The summed E-state index contributed by atoms with van der Waals surface area (Å²) in [6.07, 6.45) is 4.05. The first-order valence-corrected chi connectivity index (χ1v) is 8.01. The van der Waals surface area contributed by atoms with E-state index >= 15 is 0 Å². The number of hydrogen-bond acceptors (Lipinski definition) is 3. The van der Waals surface area contributed by atoms with Crippen LogP contribution in [-0.4, -0.2) is 22.9 Å². The van der Waals surface area contributed by atoms with Gasteiger partial charge >= 0.3 is 5.97 Å². The van der Waals surface area contributed by atoms with Crippen molar-refractivity contribution in [2.75, 3.05) is 10.6 Å². The molecule has 6 nitrogen and oxygen atoms in total. The van der Waals surface area contributed by atoms with Crippen molar-refractivity contribution in [3.8, 4) is 0 Å². The summed E-state index contributed by atoms with van der Waals surface area (Å²) in [5.41, 5.74) is 2.35. The summed E-state index contributed by atoms with van der Waals surface area (Å²) in [5.74, 6) is -2.28. The molecule has 1 heterocycles. The Morgan fingerprint density at radius 2 is 1.87 bits per heavy atom. The van der Waals surface area contributed by atoms with Gasteiger partial charge in [0.2, 0.25) is 11.8 Å². The van der Waals surface area contributed by atoms with Crippen molar-refractivity contribution >= 4 is 29.2 Å². The van der Waals surface area contributed by atoms with Crippen molar-refractivity contribution in [3.63, 3.8) is 0 Å². The lowest BCUT2D eigenvalue weighted by molar-refractivity contribution is -0.147. The molecule has 3 N–H and O–H groups in total. The van der Waals surface area contributed by atoms with Crippen molar-refractivity contribution in [1.29, 1.82) is 0 Å². The van der Waals surface area contributed by atoms with Gasteiger partial charge in [-0.25, -0.2) is 0 Å². The van der Waals surface area contributed by atoms with Crippen molar-refractivity contribution in [3.05, 3.63) is 23.8 Å². The standard InChI is InChI=1S/C17H20N2O4/c20-15-8-6-10-5-7-11(9-14(10)19-15)18-16(21)12-3-1-2-4-13(12)17(22)23/h5,7,9,12-13H,1-4,6,8H2,(H,18,21)(H,19,20)(H,22,23)/t12-,13+/m0/s1. The highest BCUT2D eigenvalue weighted by atomic mass is 16.4. The monoisotopic (exact) mass is 316 g/mol. The number of rotatable bonds is 3. The van der Waals surface area contributed by atoms with E-state index in [0.717, 1.165) is 24.1 Å². The van der Waals surface area contributed by atoms with Gasteiger partial charge in [0.25, 0.3) is 0 Å². The molecule has 0 spiro atoms. The number of benzene rings is 1. The van der Waals surface area contributed by atoms with Gasteiger partial charge < -0.3 is 15.7 Å². The summed E-state index contributed by atoms with van der Waals surface area (Å²) in [7, 11) is 0. The highest BCUT2D eigenvalue weighted by Gasteiger charge is 2.35. The van der Waals surface area contributed by atoms with Crippen molar-refractivity contribution in [2.24, 2.45) is 11.8 Å². The predicted molar refractivity (Wildman–Crippen MR) is 85.1 cm³/mol. The van der Waals surface area contributed by atoms with Crippen molar-refractivity contribution < 1.29 is 19.5 Å². The number of aliphatic carboxylic acids is 1. The van der Waals surface area contributed by atoms with E-state index in [4.69, 9.17) is 0 Å². The topological polar surface area (TPSA) is 95.5 Å². The van der Waals surface area contributed by atoms with E-state index in [1.807, 2.05) is 6.07 Å². The molecule has 1 saturated carbocycles. The minimum atomic E-state index is -0.900. The maximum Gasteiger partial charge on any atom is 0.307 e. The summed E-state index contributed by atoms with van der Waals surface area (Å²) in [4.78, 5) is 35.2. The fraction of sp³-hybridized carbons (Fsp3) is 0.471. The van der Waals surface area contributed by atoms with Gasteiger partial charge in [0.15, 0.2) is 0 Å². The number of carboxylic acids is 1. The minimum Gasteiger partial charge on any atom is -0.481 e. The highest BCUT2D eigenvalue weighted by Crippen LogP contribution is 2.32. The fourth-order valence-corrected chi connectivity index (χ4v) is 3.42. The number of fused-ring (bicyclic) bond motifs is 1. The van der Waals surface area contributed by atoms with E-state index in [1.165, 1.54) is 0 Å². The second kappa shape index (κ2) is 6.40.